The van der Waals surface area contributed by atoms with Crippen LogP contribution in [0.5, 0.6) is 17.2 Å². The van der Waals surface area contributed by atoms with Crippen molar-refractivity contribution in [3.63, 3.8) is 0 Å². The lowest BCUT2D eigenvalue weighted by molar-refractivity contribution is 0.0921. The molecular formula is C16H10ClNO4. The van der Waals surface area contributed by atoms with E-state index < -0.39 is 0 Å². The molecule has 0 unspecified atom stereocenters. The van der Waals surface area contributed by atoms with Crippen LogP contribution in [0.15, 0.2) is 36.4 Å². The van der Waals surface area contributed by atoms with Crippen molar-refractivity contribution < 1.29 is 19.0 Å². The molecule has 5 nitrogen and oxygen atoms in total. The first-order chi connectivity index (χ1) is 10.7. The summed E-state index contributed by atoms with van der Waals surface area (Å²) in [6.07, 6.45) is 0. The molecule has 1 aliphatic heterocycles. The molecular weight excluding hydrogens is 306 g/mol. The molecule has 110 valence electrons. The Morgan fingerprint density at radius 2 is 2.05 bits per heavy atom. The van der Waals surface area contributed by atoms with E-state index in [-0.39, 0.29) is 24.2 Å². The minimum atomic E-state index is -0.210. The molecule has 1 aliphatic rings. The van der Waals surface area contributed by atoms with Crippen molar-refractivity contribution in [1.82, 2.24) is 0 Å². The minimum Gasteiger partial charge on any atom is -0.484 e. The first-order valence-electron chi connectivity index (χ1n) is 6.42. The largest absolute Gasteiger partial charge is 0.484 e. The van der Waals surface area contributed by atoms with E-state index in [1.165, 1.54) is 6.07 Å². The smallest absolute Gasteiger partial charge is 0.231 e. The number of ketones is 1. The third-order valence-electron chi connectivity index (χ3n) is 3.11. The fourth-order valence-corrected chi connectivity index (χ4v) is 2.22. The van der Waals surface area contributed by atoms with Crippen molar-refractivity contribution in [1.29, 1.82) is 5.26 Å². The summed E-state index contributed by atoms with van der Waals surface area (Å²) in [6.45, 7) is -0.00437. The normalized spacial score (nSPS) is 11.8. The Balaban J connectivity index is 1.69. The summed E-state index contributed by atoms with van der Waals surface area (Å²) in [5.41, 5.74) is 0.897. The highest BCUT2D eigenvalue weighted by Crippen LogP contribution is 2.32. The molecule has 0 N–H and O–H groups in total. The number of ether oxygens (including phenoxy) is 3. The third-order valence-corrected chi connectivity index (χ3v) is 3.41. The van der Waals surface area contributed by atoms with E-state index >= 15 is 0 Å². The summed E-state index contributed by atoms with van der Waals surface area (Å²) in [5.74, 6) is 1.31. The average molecular weight is 316 g/mol. The first-order valence-corrected chi connectivity index (χ1v) is 6.80. The second-order valence-electron chi connectivity index (χ2n) is 4.54. The molecule has 0 radical (unpaired) electrons. The first kappa shape index (κ1) is 14.2. The van der Waals surface area contributed by atoms with Crippen LogP contribution in [-0.2, 0) is 0 Å². The molecule has 0 amide bonds. The van der Waals surface area contributed by atoms with E-state index in [1.54, 1.807) is 30.3 Å². The number of nitriles is 1. The number of carbonyl (C=O) groups is 1. The monoisotopic (exact) mass is 315 g/mol. The van der Waals surface area contributed by atoms with Crippen molar-refractivity contribution in [2.75, 3.05) is 13.4 Å². The summed E-state index contributed by atoms with van der Waals surface area (Å²) in [4.78, 5) is 12.1. The van der Waals surface area contributed by atoms with Crippen molar-refractivity contribution in [2.24, 2.45) is 0 Å². The Hall–Kier alpha value is -2.71. The van der Waals surface area contributed by atoms with Gasteiger partial charge in [0.1, 0.15) is 5.75 Å². The fourth-order valence-electron chi connectivity index (χ4n) is 1.98. The number of nitrogens with zero attached hydrogens (tertiary/aromatic N) is 1. The molecule has 0 atom stereocenters. The lowest BCUT2D eigenvalue weighted by Gasteiger charge is -2.08. The van der Waals surface area contributed by atoms with Gasteiger partial charge < -0.3 is 14.2 Å². The maximum Gasteiger partial charge on any atom is 0.231 e. The van der Waals surface area contributed by atoms with E-state index in [1.807, 2.05) is 6.07 Å². The highest BCUT2D eigenvalue weighted by molar-refractivity contribution is 6.32. The van der Waals surface area contributed by atoms with Crippen LogP contribution in [0, 0.1) is 11.3 Å². The number of halogens is 1. The molecule has 0 aromatic heterocycles. The van der Waals surface area contributed by atoms with Crippen molar-refractivity contribution in [3.8, 4) is 23.3 Å². The van der Waals surface area contributed by atoms with Gasteiger partial charge in [0.15, 0.2) is 23.9 Å². The highest BCUT2D eigenvalue weighted by atomic mass is 35.5. The standard InChI is InChI=1S/C16H10ClNO4/c17-12-5-10(7-18)1-3-14(12)20-8-13(19)11-2-4-15-16(6-11)22-9-21-15/h1-6H,8-9H2. The molecule has 0 spiro atoms. The molecule has 0 aliphatic carbocycles. The van der Waals surface area contributed by atoms with Gasteiger partial charge in [0, 0.05) is 5.56 Å². The van der Waals surface area contributed by atoms with Crippen LogP contribution in [0.4, 0.5) is 0 Å². The molecule has 0 saturated carbocycles. The van der Waals surface area contributed by atoms with Gasteiger partial charge in [-0.3, -0.25) is 4.79 Å². The quantitative estimate of drug-likeness (QED) is 0.810. The van der Waals surface area contributed by atoms with Gasteiger partial charge in [0.05, 0.1) is 16.7 Å². The Labute approximate surface area is 131 Å². The zero-order valence-corrected chi connectivity index (χ0v) is 12.1. The molecule has 0 saturated heterocycles. The number of fused-ring (bicyclic) bond motifs is 1. The highest BCUT2D eigenvalue weighted by Gasteiger charge is 2.16. The molecule has 2 aromatic carbocycles. The number of carbonyl (C=O) groups excluding carboxylic acids is 1. The summed E-state index contributed by atoms with van der Waals surface area (Å²) in [6, 6.07) is 11.6. The van der Waals surface area contributed by atoms with Gasteiger partial charge in [-0.1, -0.05) is 11.6 Å². The Kier molecular flexibility index (Phi) is 3.86. The van der Waals surface area contributed by atoms with Crippen LogP contribution in [0.2, 0.25) is 5.02 Å². The summed E-state index contributed by atoms with van der Waals surface area (Å²) in [5, 5.41) is 9.06. The summed E-state index contributed by atoms with van der Waals surface area (Å²) < 4.78 is 15.8. The average Bonchev–Trinajstić information content (AvgIpc) is 3.00. The van der Waals surface area contributed by atoms with Crippen LogP contribution in [-0.4, -0.2) is 19.2 Å². The maximum absolute atomic E-state index is 12.1. The Morgan fingerprint density at radius 1 is 1.23 bits per heavy atom. The summed E-state index contributed by atoms with van der Waals surface area (Å²) in [7, 11) is 0. The second kappa shape index (κ2) is 5.96. The third kappa shape index (κ3) is 2.83. The van der Waals surface area contributed by atoms with Crippen LogP contribution >= 0.6 is 11.6 Å². The van der Waals surface area contributed by atoms with E-state index in [0.717, 1.165) is 0 Å². The molecule has 2 aromatic rings. The van der Waals surface area contributed by atoms with Gasteiger partial charge in [0.25, 0.3) is 0 Å². The van der Waals surface area contributed by atoms with Crippen LogP contribution in [0.1, 0.15) is 15.9 Å². The number of rotatable bonds is 4. The van der Waals surface area contributed by atoms with E-state index in [4.69, 9.17) is 31.1 Å². The Morgan fingerprint density at radius 3 is 2.82 bits per heavy atom. The predicted octanol–water partition coefficient (Wildman–Crippen LogP) is 3.20. The van der Waals surface area contributed by atoms with Crippen molar-refractivity contribution in [2.45, 2.75) is 0 Å². The minimum absolute atomic E-state index is 0.157. The number of Topliss-reactive ketones (excluding diaryl/α,β-unsaturated/α-hetero) is 1. The lowest BCUT2D eigenvalue weighted by atomic mass is 10.1. The van der Waals surface area contributed by atoms with Gasteiger partial charge in [-0.2, -0.15) is 5.26 Å². The number of hydrogen-bond acceptors (Lipinski definition) is 5. The van der Waals surface area contributed by atoms with Gasteiger partial charge in [-0.15, -0.1) is 0 Å². The Bertz CT molecular complexity index is 782. The van der Waals surface area contributed by atoms with Crippen LogP contribution in [0.3, 0.4) is 0 Å². The van der Waals surface area contributed by atoms with E-state index in [0.29, 0.717) is 28.4 Å². The molecule has 0 bridgehead atoms. The van der Waals surface area contributed by atoms with Crippen molar-refractivity contribution in [3.05, 3.63) is 52.5 Å². The fraction of sp³-hybridized carbons (Fsp3) is 0.125. The van der Waals surface area contributed by atoms with Gasteiger partial charge >= 0.3 is 0 Å². The van der Waals surface area contributed by atoms with Gasteiger partial charge in [0.2, 0.25) is 6.79 Å². The molecule has 22 heavy (non-hydrogen) atoms. The second-order valence-corrected chi connectivity index (χ2v) is 4.94. The van der Waals surface area contributed by atoms with Gasteiger partial charge in [-0.25, -0.2) is 0 Å². The predicted molar refractivity (Wildman–Crippen MR) is 78.6 cm³/mol. The van der Waals surface area contributed by atoms with Crippen LogP contribution < -0.4 is 14.2 Å². The number of hydrogen-bond donors (Lipinski definition) is 0. The number of benzene rings is 2. The molecule has 3 rings (SSSR count). The maximum atomic E-state index is 12.1. The molecule has 0 fully saturated rings. The zero-order valence-electron chi connectivity index (χ0n) is 11.3. The van der Waals surface area contributed by atoms with Crippen molar-refractivity contribution >= 4 is 17.4 Å². The SMILES string of the molecule is N#Cc1ccc(OCC(=O)c2ccc3c(c2)OCO3)c(Cl)c1. The molecule has 1 heterocycles. The van der Waals surface area contributed by atoms with E-state index in [2.05, 4.69) is 0 Å². The topological polar surface area (TPSA) is 68.5 Å². The molecule has 6 heteroatoms. The lowest BCUT2D eigenvalue weighted by Crippen LogP contribution is -2.11. The zero-order chi connectivity index (χ0) is 15.5. The van der Waals surface area contributed by atoms with Crippen LogP contribution in [0.25, 0.3) is 0 Å². The summed E-state index contributed by atoms with van der Waals surface area (Å²) >= 11 is 5.99. The van der Waals surface area contributed by atoms with E-state index in [9.17, 15) is 4.79 Å². The van der Waals surface area contributed by atoms with Gasteiger partial charge in [-0.05, 0) is 36.4 Å².